The van der Waals surface area contributed by atoms with Crippen LogP contribution in [-0.2, 0) is 13.0 Å². The van der Waals surface area contributed by atoms with E-state index in [9.17, 15) is 4.39 Å². The number of aryl methyl sites for hydroxylation is 2. The Bertz CT molecular complexity index is 676. The molecule has 0 aliphatic carbocycles. The molecule has 0 unspecified atom stereocenters. The van der Waals surface area contributed by atoms with E-state index in [1.165, 1.54) is 18.5 Å². The summed E-state index contributed by atoms with van der Waals surface area (Å²) in [6.45, 7) is 0.508. The molecular formula is C11H10FN5O. The number of nitrogens with zero attached hydrogens (tertiary/aromatic N) is 4. The fraction of sp³-hybridized carbons (Fsp3) is 0.182. The quantitative estimate of drug-likeness (QED) is 0.756. The summed E-state index contributed by atoms with van der Waals surface area (Å²) in [7, 11) is 0. The van der Waals surface area contributed by atoms with Gasteiger partial charge in [0, 0.05) is 13.0 Å². The molecule has 2 heterocycles. The Morgan fingerprint density at radius 3 is 3.06 bits per heavy atom. The van der Waals surface area contributed by atoms with Crippen molar-refractivity contribution in [2.45, 2.75) is 13.0 Å². The zero-order valence-corrected chi connectivity index (χ0v) is 9.38. The summed E-state index contributed by atoms with van der Waals surface area (Å²) in [6.07, 6.45) is 1.86. The number of benzene rings is 1. The van der Waals surface area contributed by atoms with Crippen LogP contribution in [0.5, 0.6) is 0 Å². The number of imidazole rings is 1. The third-order valence-electron chi connectivity index (χ3n) is 2.70. The number of hydrogen-bond acceptors (Lipinski definition) is 5. The van der Waals surface area contributed by atoms with Gasteiger partial charge >= 0.3 is 0 Å². The number of fused-ring (bicyclic) bond motifs is 1. The first kappa shape index (κ1) is 10.7. The molecule has 2 N–H and O–H groups in total. The smallest absolute Gasteiger partial charge is 0.228 e. The molecule has 3 aromatic rings. The van der Waals surface area contributed by atoms with Crippen molar-refractivity contribution in [3.63, 3.8) is 0 Å². The maximum absolute atomic E-state index is 13.2. The lowest BCUT2D eigenvalue weighted by molar-refractivity contribution is 0.372. The first-order valence-electron chi connectivity index (χ1n) is 5.41. The summed E-state index contributed by atoms with van der Waals surface area (Å²) in [4.78, 5) is 8.08. The van der Waals surface area contributed by atoms with Crippen molar-refractivity contribution in [1.82, 2.24) is 19.7 Å². The molecule has 0 fully saturated rings. The minimum absolute atomic E-state index is 0.318. The molecule has 2 aromatic heterocycles. The highest BCUT2D eigenvalue weighted by Crippen LogP contribution is 2.19. The van der Waals surface area contributed by atoms with Crippen molar-refractivity contribution in [3.05, 3.63) is 36.2 Å². The second-order valence-corrected chi connectivity index (χ2v) is 3.84. The standard InChI is InChI=1S/C11H10FN5O/c12-7-1-2-8-9(5-7)17(11(13)16-8)4-3-10-14-6-15-18-10/h1-2,5-6H,3-4H2,(H2,13,16). The summed E-state index contributed by atoms with van der Waals surface area (Å²) >= 11 is 0. The third-order valence-corrected chi connectivity index (χ3v) is 2.70. The van der Waals surface area contributed by atoms with Crippen LogP contribution >= 0.6 is 0 Å². The van der Waals surface area contributed by atoms with E-state index in [-0.39, 0.29) is 5.82 Å². The van der Waals surface area contributed by atoms with Crippen LogP contribution in [-0.4, -0.2) is 19.7 Å². The van der Waals surface area contributed by atoms with Gasteiger partial charge in [0.2, 0.25) is 11.8 Å². The lowest BCUT2D eigenvalue weighted by Gasteiger charge is -2.03. The molecule has 0 radical (unpaired) electrons. The molecule has 0 atom stereocenters. The van der Waals surface area contributed by atoms with Crippen molar-refractivity contribution in [2.75, 3.05) is 5.73 Å². The topological polar surface area (TPSA) is 82.8 Å². The maximum Gasteiger partial charge on any atom is 0.228 e. The van der Waals surface area contributed by atoms with Gasteiger partial charge in [0.1, 0.15) is 5.82 Å². The third kappa shape index (κ3) is 1.79. The van der Waals surface area contributed by atoms with Gasteiger partial charge in [-0.3, -0.25) is 0 Å². The molecule has 0 aliphatic heterocycles. The molecule has 0 spiro atoms. The number of hydrogen-bond donors (Lipinski definition) is 1. The number of halogens is 1. The average molecular weight is 247 g/mol. The first-order valence-corrected chi connectivity index (χ1v) is 5.41. The number of rotatable bonds is 3. The van der Waals surface area contributed by atoms with Gasteiger partial charge < -0.3 is 14.8 Å². The van der Waals surface area contributed by atoms with Gasteiger partial charge in [-0.2, -0.15) is 4.98 Å². The fourth-order valence-electron chi connectivity index (χ4n) is 1.86. The Balaban J connectivity index is 1.95. The van der Waals surface area contributed by atoms with Gasteiger partial charge in [0.05, 0.1) is 11.0 Å². The van der Waals surface area contributed by atoms with Crippen LogP contribution in [0.15, 0.2) is 29.0 Å². The summed E-state index contributed by atoms with van der Waals surface area (Å²) < 4.78 is 19.8. The predicted molar refractivity (Wildman–Crippen MR) is 62.1 cm³/mol. The van der Waals surface area contributed by atoms with E-state index >= 15 is 0 Å². The van der Waals surface area contributed by atoms with E-state index in [0.29, 0.717) is 35.8 Å². The molecule has 1 aromatic carbocycles. The van der Waals surface area contributed by atoms with Gasteiger partial charge in [-0.05, 0) is 18.2 Å². The van der Waals surface area contributed by atoms with Crippen molar-refractivity contribution in [2.24, 2.45) is 0 Å². The Kier molecular flexibility index (Phi) is 2.44. The Labute approximate surface area is 101 Å². The minimum Gasteiger partial charge on any atom is -0.369 e. The Morgan fingerprint density at radius 2 is 2.28 bits per heavy atom. The normalized spacial score (nSPS) is 11.2. The van der Waals surface area contributed by atoms with Gasteiger partial charge in [0.25, 0.3) is 0 Å². The number of aromatic nitrogens is 4. The number of nitrogens with two attached hydrogens (primary N) is 1. The highest BCUT2D eigenvalue weighted by atomic mass is 19.1. The molecule has 0 amide bonds. The van der Waals surface area contributed by atoms with E-state index in [1.54, 1.807) is 10.6 Å². The van der Waals surface area contributed by atoms with Crippen LogP contribution in [0.3, 0.4) is 0 Å². The second kappa shape index (κ2) is 4.10. The molecule has 0 saturated carbocycles. The molecule has 0 saturated heterocycles. The lowest BCUT2D eigenvalue weighted by atomic mass is 10.3. The summed E-state index contributed by atoms with van der Waals surface area (Å²) in [5, 5.41) is 3.52. The molecule has 3 rings (SSSR count). The van der Waals surface area contributed by atoms with Crippen molar-refractivity contribution in [3.8, 4) is 0 Å². The monoisotopic (exact) mass is 247 g/mol. The van der Waals surface area contributed by atoms with E-state index in [1.807, 2.05) is 0 Å². The Morgan fingerprint density at radius 1 is 1.39 bits per heavy atom. The van der Waals surface area contributed by atoms with Crippen LogP contribution in [0.4, 0.5) is 10.3 Å². The first-order chi connectivity index (χ1) is 8.74. The largest absolute Gasteiger partial charge is 0.369 e. The fourth-order valence-corrected chi connectivity index (χ4v) is 1.86. The molecule has 0 aliphatic rings. The minimum atomic E-state index is -0.318. The van der Waals surface area contributed by atoms with Gasteiger partial charge in [0.15, 0.2) is 6.33 Å². The summed E-state index contributed by atoms with van der Waals surface area (Å²) in [6, 6.07) is 4.37. The molecular weight excluding hydrogens is 237 g/mol. The molecule has 18 heavy (non-hydrogen) atoms. The van der Waals surface area contributed by atoms with Gasteiger partial charge in [-0.25, -0.2) is 9.37 Å². The summed E-state index contributed by atoms with van der Waals surface area (Å²) in [5.74, 6) is 0.532. The maximum atomic E-state index is 13.2. The zero-order chi connectivity index (χ0) is 12.5. The van der Waals surface area contributed by atoms with E-state index < -0.39 is 0 Å². The number of anilines is 1. The predicted octanol–water partition coefficient (Wildman–Crippen LogP) is 1.38. The molecule has 6 nitrogen and oxygen atoms in total. The highest BCUT2D eigenvalue weighted by Gasteiger charge is 2.10. The van der Waals surface area contributed by atoms with Gasteiger partial charge in [-0.15, -0.1) is 0 Å². The van der Waals surface area contributed by atoms with E-state index in [4.69, 9.17) is 10.3 Å². The highest BCUT2D eigenvalue weighted by molar-refractivity contribution is 5.78. The summed E-state index contributed by atoms with van der Waals surface area (Å²) in [5.41, 5.74) is 7.13. The van der Waals surface area contributed by atoms with Crippen LogP contribution in [0.25, 0.3) is 11.0 Å². The van der Waals surface area contributed by atoms with Crippen molar-refractivity contribution in [1.29, 1.82) is 0 Å². The Hall–Kier alpha value is -2.44. The lowest BCUT2D eigenvalue weighted by Crippen LogP contribution is -2.05. The SMILES string of the molecule is Nc1nc2ccc(F)cc2n1CCc1ncno1. The average Bonchev–Trinajstić information content (AvgIpc) is 2.94. The van der Waals surface area contributed by atoms with Crippen LogP contribution in [0, 0.1) is 5.82 Å². The molecule has 92 valence electrons. The van der Waals surface area contributed by atoms with Gasteiger partial charge in [-0.1, -0.05) is 5.16 Å². The van der Waals surface area contributed by atoms with E-state index in [2.05, 4.69) is 15.1 Å². The zero-order valence-electron chi connectivity index (χ0n) is 9.38. The second-order valence-electron chi connectivity index (χ2n) is 3.84. The van der Waals surface area contributed by atoms with Crippen molar-refractivity contribution < 1.29 is 8.91 Å². The van der Waals surface area contributed by atoms with Crippen molar-refractivity contribution >= 4 is 17.0 Å². The number of nitrogen functional groups attached to an aromatic ring is 1. The van der Waals surface area contributed by atoms with Crippen LogP contribution in [0.1, 0.15) is 5.89 Å². The van der Waals surface area contributed by atoms with Crippen LogP contribution in [0.2, 0.25) is 0 Å². The van der Waals surface area contributed by atoms with Crippen LogP contribution < -0.4 is 5.73 Å². The van der Waals surface area contributed by atoms with E-state index in [0.717, 1.165) is 0 Å². The molecule has 0 bridgehead atoms. The molecule has 7 heteroatoms.